The first-order valence-corrected chi connectivity index (χ1v) is 24.4. The van der Waals surface area contributed by atoms with Crippen molar-refractivity contribution in [3.05, 3.63) is 117 Å². The van der Waals surface area contributed by atoms with Gasteiger partial charge < -0.3 is 25.3 Å². The number of allylic oxidation sites excluding steroid dienone is 1. The number of rotatable bonds is 13. The SMILES string of the molecule is CC1(C)CCC(CN2CCN(c3ccc(C(=O)NS(=O)(=O)c4ccc(N[C@@]5(S(C)(=O)=O)CCNC5)c([N+](=O)[O-])c4)c(Oc4cnc5[nH]ccc5c4)c3)CC2)=C(c2ccc(Cl)cc2)C1. The van der Waals surface area contributed by atoms with Crippen LogP contribution in [0, 0.1) is 15.5 Å². The lowest BCUT2D eigenvalue weighted by atomic mass is 9.72. The summed E-state index contributed by atoms with van der Waals surface area (Å²) in [6.45, 7) is 8.82. The number of piperazine rings is 1. The van der Waals surface area contributed by atoms with E-state index < -0.39 is 46.1 Å². The summed E-state index contributed by atoms with van der Waals surface area (Å²) in [5, 5.41) is 19.4. The number of aromatic nitrogens is 2. The molecule has 1 atom stereocenters. The zero-order chi connectivity index (χ0) is 44.7. The van der Waals surface area contributed by atoms with Crippen LogP contribution in [0.2, 0.25) is 5.02 Å². The molecule has 332 valence electrons. The highest BCUT2D eigenvalue weighted by molar-refractivity contribution is 7.92. The molecule has 2 aromatic heterocycles. The molecular formula is C44H49ClN8O8S2. The van der Waals surface area contributed by atoms with Crippen LogP contribution in [0.1, 0.15) is 55.5 Å². The second-order valence-electron chi connectivity index (χ2n) is 17.3. The third kappa shape index (κ3) is 9.55. The van der Waals surface area contributed by atoms with Crippen LogP contribution in [0.4, 0.5) is 17.1 Å². The van der Waals surface area contributed by atoms with E-state index in [1.54, 1.807) is 24.4 Å². The molecule has 0 bridgehead atoms. The third-order valence-corrected chi connectivity index (χ3v) is 15.7. The van der Waals surface area contributed by atoms with E-state index in [2.05, 4.69) is 61.1 Å². The van der Waals surface area contributed by atoms with Crippen molar-refractivity contribution in [2.45, 2.75) is 49.3 Å². The Morgan fingerprint density at radius 1 is 0.984 bits per heavy atom. The average molecular weight is 918 g/mol. The highest BCUT2D eigenvalue weighted by atomic mass is 35.5. The number of hydrogen-bond acceptors (Lipinski definition) is 13. The van der Waals surface area contributed by atoms with Crippen LogP contribution < -0.4 is 25.0 Å². The first kappa shape index (κ1) is 44.1. The van der Waals surface area contributed by atoms with Crippen molar-refractivity contribution in [2.75, 3.05) is 62.3 Å². The summed E-state index contributed by atoms with van der Waals surface area (Å²) < 4.78 is 61.3. The number of H-pyrrole nitrogens is 1. The van der Waals surface area contributed by atoms with Crippen molar-refractivity contribution < 1.29 is 31.3 Å². The number of nitro benzene ring substituents is 1. The zero-order valence-corrected chi connectivity index (χ0v) is 37.5. The largest absolute Gasteiger partial charge is 0.455 e. The summed E-state index contributed by atoms with van der Waals surface area (Å²) >= 11 is 6.23. The first-order valence-electron chi connectivity index (χ1n) is 20.6. The standard InChI is InChI=1S/C44H49ClN8O8S2/c1-43(2)14-12-31(37(25-43)29-4-6-32(45)7-5-29)27-51-18-20-52(21-19-51)33-8-10-36(40(23-33)61-34-22-30-13-16-47-41(30)48-26-34)42(54)50-63(59,60)35-9-11-38(39(24-35)53(55)56)49-44(62(3,57)58)15-17-46-28-44/h4-11,13,16,22-24,26,46,49H,12,14-15,17-21,25,27-28H2,1-3H3,(H,47,48)(H,50,54)/t44-/m1/s1. The highest BCUT2D eigenvalue weighted by Gasteiger charge is 2.45. The monoisotopic (exact) mass is 916 g/mol. The van der Waals surface area contributed by atoms with E-state index in [9.17, 15) is 31.7 Å². The van der Waals surface area contributed by atoms with Crippen LogP contribution in [0.3, 0.4) is 0 Å². The molecule has 8 rings (SSSR count). The van der Waals surface area contributed by atoms with Gasteiger partial charge >= 0.3 is 0 Å². The fourth-order valence-corrected chi connectivity index (χ4v) is 10.8. The van der Waals surface area contributed by atoms with Gasteiger partial charge in [-0.1, -0.05) is 43.2 Å². The number of sulfone groups is 1. The predicted octanol–water partition coefficient (Wildman–Crippen LogP) is 6.97. The number of sulfonamides is 1. The fourth-order valence-electron chi connectivity index (χ4n) is 8.58. The molecule has 2 aliphatic heterocycles. The predicted molar refractivity (Wildman–Crippen MR) is 244 cm³/mol. The van der Waals surface area contributed by atoms with E-state index in [1.165, 1.54) is 29.0 Å². The number of anilines is 2. The maximum absolute atomic E-state index is 13.9. The van der Waals surface area contributed by atoms with Gasteiger partial charge in [0.15, 0.2) is 14.7 Å². The molecule has 2 saturated heterocycles. The number of carbonyl (C=O) groups is 1. The van der Waals surface area contributed by atoms with Crippen molar-refractivity contribution in [3.8, 4) is 11.5 Å². The molecule has 63 heavy (non-hydrogen) atoms. The Labute approximate surface area is 371 Å². The van der Waals surface area contributed by atoms with E-state index >= 15 is 0 Å². The molecule has 0 spiro atoms. The highest BCUT2D eigenvalue weighted by Crippen LogP contribution is 2.44. The summed E-state index contributed by atoms with van der Waals surface area (Å²) in [5.41, 5.74) is 4.69. The lowest BCUT2D eigenvalue weighted by Crippen LogP contribution is -2.47. The molecule has 0 unspecified atom stereocenters. The second-order valence-corrected chi connectivity index (χ2v) is 21.7. The van der Waals surface area contributed by atoms with Crippen LogP contribution in [-0.2, 0) is 19.9 Å². The van der Waals surface area contributed by atoms with Crippen molar-refractivity contribution in [1.82, 2.24) is 24.9 Å². The normalized spacial score (nSPS) is 19.6. The van der Waals surface area contributed by atoms with Gasteiger partial charge in [0, 0.05) is 80.0 Å². The Morgan fingerprint density at radius 3 is 2.44 bits per heavy atom. The smallest absolute Gasteiger partial charge is 0.293 e. The summed E-state index contributed by atoms with van der Waals surface area (Å²) in [6.07, 6.45) is 7.53. The van der Waals surface area contributed by atoms with Crippen LogP contribution in [-0.4, -0.2) is 99.5 Å². The molecule has 2 fully saturated rings. The Bertz CT molecular complexity index is 2830. The molecule has 1 aliphatic carbocycles. The van der Waals surface area contributed by atoms with E-state index in [-0.39, 0.29) is 35.4 Å². The summed E-state index contributed by atoms with van der Waals surface area (Å²) in [6, 6.07) is 19.6. The van der Waals surface area contributed by atoms with Gasteiger partial charge in [0.05, 0.1) is 21.6 Å². The molecule has 19 heteroatoms. The fraction of sp³-hybridized carbons (Fsp3) is 0.364. The Kier molecular flexibility index (Phi) is 12.0. The Hall–Kier alpha value is -5.53. The average Bonchev–Trinajstić information content (AvgIpc) is 3.92. The number of carbonyl (C=O) groups excluding carboxylic acids is 1. The van der Waals surface area contributed by atoms with Gasteiger partial charge in [-0.05, 0) is 97.3 Å². The second kappa shape index (κ2) is 17.2. The van der Waals surface area contributed by atoms with Crippen LogP contribution in [0.15, 0.2) is 95.7 Å². The van der Waals surface area contributed by atoms with Crippen molar-refractivity contribution in [3.63, 3.8) is 0 Å². The van der Waals surface area contributed by atoms with Crippen molar-refractivity contribution in [2.24, 2.45) is 5.41 Å². The van der Waals surface area contributed by atoms with Crippen LogP contribution in [0.25, 0.3) is 16.6 Å². The van der Waals surface area contributed by atoms with Crippen molar-refractivity contribution >= 4 is 71.0 Å². The quantitative estimate of drug-likeness (QED) is 0.0696. The zero-order valence-electron chi connectivity index (χ0n) is 35.1. The number of benzene rings is 3. The molecule has 1 amide bonds. The first-order chi connectivity index (χ1) is 29.9. The minimum absolute atomic E-state index is 0.00262. The Balaban J connectivity index is 1.03. The van der Waals surface area contributed by atoms with Gasteiger partial charge in [0.1, 0.15) is 22.8 Å². The molecule has 5 aromatic rings. The number of ether oxygens (including phenoxy) is 1. The molecule has 16 nitrogen and oxygen atoms in total. The number of hydrogen-bond donors (Lipinski definition) is 4. The van der Waals surface area contributed by atoms with Gasteiger partial charge in [0.2, 0.25) is 0 Å². The molecular weight excluding hydrogens is 868 g/mol. The van der Waals surface area contributed by atoms with E-state index in [1.807, 2.05) is 18.2 Å². The number of halogens is 1. The van der Waals surface area contributed by atoms with Gasteiger partial charge in [-0.15, -0.1) is 0 Å². The van der Waals surface area contributed by atoms with Crippen LogP contribution in [0.5, 0.6) is 11.5 Å². The van der Waals surface area contributed by atoms with Gasteiger partial charge in [0.25, 0.3) is 21.6 Å². The number of fused-ring (bicyclic) bond motifs is 1. The maximum Gasteiger partial charge on any atom is 0.293 e. The number of nitrogens with one attached hydrogen (secondary N) is 4. The lowest BCUT2D eigenvalue weighted by Gasteiger charge is -2.39. The molecule has 4 N–H and O–H groups in total. The minimum Gasteiger partial charge on any atom is -0.455 e. The summed E-state index contributed by atoms with van der Waals surface area (Å²) in [7, 11) is -8.46. The number of amides is 1. The maximum atomic E-state index is 13.9. The Morgan fingerprint density at radius 2 is 1.75 bits per heavy atom. The number of pyridine rings is 1. The number of aromatic amines is 1. The van der Waals surface area contributed by atoms with Crippen LogP contribution >= 0.6 is 11.6 Å². The van der Waals surface area contributed by atoms with Crippen molar-refractivity contribution in [1.29, 1.82) is 0 Å². The van der Waals surface area contributed by atoms with Gasteiger partial charge in [-0.3, -0.25) is 19.8 Å². The molecule has 4 heterocycles. The van der Waals surface area contributed by atoms with E-state index in [4.69, 9.17) is 16.3 Å². The summed E-state index contributed by atoms with van der Waals surface area (Å²) in [5.74, 6) is -0.650. The number of nitro groups is 1. The minimum atomic E-state index is -4.70. The third-order valence-electron chi connectivity index (χ3n) is 12.2. The van der Waals surface area contributed by atoms with E-state index in [0.29, 0.717) is 36.1 Å². The van der Waals surface area contributed by atoms with Gasteiger partial charge in [-0.25, -0.2) is 26.5 Å². The molecule has 3 aromatic carbocycles. The molecule has 0 radical (unpaired) electrons. The van der Waals surface area contributed by atoms with E-state index in [0.717, 1.165) is 74.4 Å². The number of nitrogens with zero attached hydrogens (tertiary/aromatic N) is 4. The van der Waals surface area contributed by atoms with Gasteiger partial charge in [-0.2, -0.15) is 0 Å². The summed E-state index contributed by atoms with van der Waals surface area (Å²) in [4.78, 5) is 35.3. The molecule has 0 saturated carbocycles. The lowest BCUT2D eigenvalue weighted by molar-refractivity contribution is -0.384. The molecule has 3 aliphatic rings. The topological polar surface area (TPSA) is 209 Å².